The van der Waals surface area contributed by atoms with Crippen molar-refractivity contribution in [3.63, 3.8) is 0 Å². The molecule has 6 heteroatoms. The Morgan fingerprint density at radius 1 is 1.35 bits per heavy atom. The Hall–Kier alpha value is -2.21. The zero-order chi connectivity index (χ0) is 16.4. The molecule has 0 radical (unpaired) electrons. The molecule has 3 aromatic rings. The number of nitrogens with zero attached hydrogens (tertiary/aromatic N) is 2. The van der Waals surface area contributed by atoms with E-state index in [1.165, 1.54) is 11.3 Å². The first kappa shape index (κ1) is 15.7. The second-order valence-corrected chi connectivity index (χ2v) is 7.15. The van der Waals surface area contributed by atoms with Crippen LogP contribution in [0.3, 0.4) is 0 Å². The molecule has 0 saturated carbocycles. The number of rotatable bonds is 5. The van der Waals surface area contributed by atoms with Crippen LogP contribution >= 0.6 is 11.3 Å². The van der Waals surface area contributed by atoms with Gasteiger partial charge in [0.2, 0.25) is 11.0 Å². The van der Waals surface area contributed by atoms with Crippen LogP contribution in [0.2, 0.25) is 0 Å². The summed E-state index contributed by atoms with van der Waals surface area (Å²) in [5.41, 5.74) is 2.82. The molecule has 3 rings (SSSR count). The largest absolute Gasteiger partial charge is 0.464 e. The van der Waals surface area contributed by atoms with Crippen molar-refractivity contribution in [3.8, 4) is 0 Å². The van der Waals surface area contributed by atoms with Crippen molar-refractivity contribution >= 4 is 33.3 Å². The molecule has 0 unspecified atom stereocenters. The Morgan fingerprint density at radius 3 is 2.96 bits per heavy atom. The van der Waals surface area contributed by atoms with E-state index in [1.54, 1.807) is 6.26 Å². The van der Waals surface area contributed by atoms with Gasteiger partial charge in [-0.2, -0.15) is 0 Å². The minimum atomic E-state index is -0.111. The summed E-state index contributed by atoms with van der Waals surface area (Å²) in [7, 11) is 0. The Morgan fingerprint density at radius 2 is 2.17 bits per heavy atom. The lowest BCUT2D eigenvalue weighted by atomic mass is 10.1. The van der Waals surface area contributed by atoms with E-state index in [0.29, 0.717) is 11.0 Å². The number of benzene rings is 1. The third kappa shape index (κ3) is 3.76. The van der Waals surface area contributed by atoms with E-state index in [9.17, 15) is 4.79 Å². The molecule has 1 N–H and O–H groups in total. The third-order valence-electron chi connectivity index (χ3n) is 3.46. The van der Waals surface area contributed by atoms with Gasteiger partial charge in [-0.25, -0.2) is 0 Å². The molecule has 2 heterocycles. The standard InChI is InChI=1S/C17H19N3O2S/c1-10(2)6-16-19-20-17(23-16)18-15(21)8-12-9-22-14-7-11(3)4-5-13(12)14/h4-5,7,9-10H,6,8H2,1-3H3,(H,18,20,21). The van der Waals surface area contributed by atoms with E-state index in [0.717, 1.165) is 33.5 Å². The molecule has 0 aliphatic rings. The number of fused-ring (bicyclic) bond motifs is 1. The minimum Gasteiger partial charge on any atom is -0.464 e. The normalized spacial score (nSPS) is 11.3. The average molecular weight is 329 g/mol. The fraction of sp³-hybridized carbons (Fsp3) is 0.353. The van der Waals surface area contributed by atoms with Gasteiger partial charge in [0.25, 0.3) is 0 Å². The molecule has 1 amide bonds. The quantitative estimate of drug-likeness (QED) is 0.769. The number of aromatic nitrogens is 2. The summed E-state index contributed by atoms with van der Waals surface area (Å²) >= 11 is 1.43. The van der Waals surface area contributed by atoms with Gasteiger partial charge in [0.05, 0.1) is 12.7 Å². The molecule has 1 aromatic carbocycles. The molecule has 0 aliphatic heterocycles. The highest BCUT2D eigenvalue weighted by Gasteiger charge is 2.13. The smallest absolute Gasteiger partial charge is 0.230 e. The molecule has 0 saturated heterocycles. The summed E-state index contributed by atoms with van der Waals surface area (Å²) in [5.74, 6) is 0.410. The van der Waals surface area contributed by atoms with Gasteiger partial charge in [-0.05, 0) is 24.5 Å². The Labute approximate surface area is 138 Å². The van der Waals surface area contributed by atoms with Gasteiger partial charge < -0.3 is 9.73 Å². The third-order valence-corrected chi connectivity index (χ3v) is 4.32. The second kappa shape index (κ2) is 6.50. The lowest BCUT2D eigenvalue weighted by molar-refractivity contribution is -0.115. The first-order valence-corrected chi connectivity index (χ1v) is 8.42. The van der Waals surface area contributed by atoms with Crippen LogP contribution in [0.25, 0.3) is 11.0 Å². The van der Waals surface area contributed by atoms with Crippen LogP contribution in [0.4, 0.5) is 5.13 Å². The summed E-state index contributed by atoms with van der Waals surface area (Å²) in [5, 5.41) is 13.4. The van der Waals surface area contributed by atoms with Gasteiger partial charge in [-0.15, -0.1) is 10.2 Å². The highest BCUT2D eigenvalue weighted by atomic mass is 32.1. The Bertz CT molecular complexity index is 835. The van der Waals surface area contributed by atoms with E-state index in [2.05, 4.69) is 29.4 Å². The van der Waals surface area contributed by atoms with Gasteiger partial charge in [0, 0.05) is 17.4 Å². The maximum atomic E-state index is 12.2. The predicted octanol–water partition coefficient (Wildman–Crippen LogP) is 3.97. The van der Waals surface area contributed by atoms with Crippen molar-refractivity contribution in [2.75, 3.05) is 5.32 Å². The fourth-order valence-electron chi connectivity index (χ4n) is 2.40. The summed E-state index contributed by atoms with van der Waals surface area (Å²) in [6.45, 7) is 6.27. The van der Waals surface area contributed by atoms with E-state index >= 15 is 0 Å². The van der Waals surface area contributed by atoms with Gasteiger partial charge in [-0.1, -0.05) is 37.3 Å². The first-order chi connectivity index (χ1) is 11.0. The van der Waals surface area contributed by atoms with E-state index < -0.39 is 0 Å². The lowest BCUT2D eigenvalue weighted by Crippen LogP contribution is -2.13. The van der Waals surface area contributed by atoms with E-state index in [-0.39, 0.29) is 12.3 Å². The van der Waals surface area contributed by atoms with Gasteiger partial charge >= 0.3 is 0 Å². The average Bonchev–Trinajstić information content (AvgIpc) is 3.05. The summed E-state index contributed by atoms with van der Waals surface area (Å²) in [6.07, 6.45) is 2.78. The number of amides is 1. The van der Waals surface area contributed by atoms with Gasteiger partial charge in [0.15, 0.2) is 0 Å². The van der Waals surface area contributed by atoms with Crippen LogP contribution in [0, 0.1) is 12.8 Å². The van der Waals surface area contributed by atoms with Crippen LogP contribution in [0.15, 0.2) is 28.9 Å². The van der Waals surface area contributed by atoms with Crippen molar-refractivity contribution in [2.24, 2.45) is 5.92 Å². The minimum absolute atomic E-state index is 0.111. The Kier molecular flexibility index (Phi) is 4.43. The molecule has 0 fully saturated rings. The highest BCUT2D eigenvalue weighted by molar-refractivity contribution is 7.15. The number of hydrogen-bond acceptors (Lipinski definition) is 5. The molecule has 0 atom stereocenters. The molecule has 0 spiro atoms. The zero-order valence-corrected chi connectivity index (χ0v) is 14.2. The number of furan rings is 1. The number of hydrogen-bond donors (Lipinski definition) is 1. The molecule has 23 heavy (non-hydrogen) atoms. The van der Waals surface area contributed by atoms with Crippen LogP contribution in [-0.2, 0) is 17.6 Å². The molecule has 2 aromatic heterocycles. The highest BCUT2D eigenvalue weighted by Crippen LogP contribution is 2.23. The number of aryl methyl sites for hydroxylation is 1. The maximum Gasteiger partial charge on any atom is 0.230 e. The van der Waals surface area contributed by atoms with Gasteiger partial charge in [-0.3, -0.25) is 4.79 Å². The summed E-state index contributed by atoms with van der Waals surface area (Å²) < 4.78 is 5.52. The van der Waals surface area contributed by atoms with Crippen molar-refractivity contribution < 1.29 is 9.21 Å². The number of carbonyl (C=O) groups excluding carboxylic acids is 1. The molecular formula is C17H19N3O2S. The van der Waals surface area contributed by atoms with Crippen molar-refractivity contribution in [2.45, 2.75) is 33.6 Å². The Balaban J connectivity index is 1.67. The van der Waals surface area contributed by atoms with Crippen molar-refractivity contribution in [1.82, 2.24) is 10.2 Å². The topological polar surface area (TPSA) is 68.0 Å². The maximum absolute atomic E-state index is 12.2. The molecule has 0 aliphatic carbocycles. The van der Waals surface area contributed by atoms with E-state index in [4.69, 9.17) is 4.42 Å². The monoisotopic (exact) mass is 329 g/mol. The molecule has 120 valence electrons. The molecule has 0 bridgehead atoms. The predicted molar refractivity (Wildman–Crippen MR) is 91.7 cm³/mol. The summed E-state index contributed by atoms with van der Waals surface area (Å²) in [6, 6.07) is 5.98. The van der Waals surface area contributed by atoms with Crippen LogP contribution in [-0.4, -0.2) is 16.1 Å². The van der Waals surface area contributed by atoms with E-state index in [1.807, 2.05) is 25.1 Å². The molecular weight excluding hydrogens is 310 g/mol. The zero-order valence-electron chi connectivity index (χ0n) is 13.4. The fourth-order valence-corrected chi connectivity index (χ4v) is 3.37. The number of anilines is 1. The summed E-state index contributed by atoms with van der Waals surface area (Å²) in [4.78, 5) is 12.2. The van der Waals surface area contributed by atoms with Crippen LogP contribution < -0.4 is 5.32 Å². The SMILES string of the molecule is Cc1ccc2c(CC(=O)Nc3nnc(CC(C)C)s3)coc2c1. The molecule has 5 nitrogen and oxygen atoms in total. The second-order valence-electron chi connectivity index (χ2n) is 6.08. The van der Waals surface area contributed by atoms with Crippen molar-refractivity contribution in [1.29, 1.82) is 0 Å². The first-order valence-electron chi connectivity index (χ1n) is 7.60. The number of carbonyl (C=O) groups is 1. The number of nitrogens with one attached hydrogen (secondary N) is 1. The lowest BCUT2D eigenvalue weighted by Gasteiger charge is -2.00. The van der Waals surface area contributed by atoms with Crippen LogP contribution in [0.1, 0.15) is 30.0 Å². The van der Waals surface area contributed by atoms with Crippen LogP contribution in [0.5, 0.6) is 0 Å². The van der Waals surface area contributed by atoms with Gasteiger partial charge in [0.1, 0.15) is 10.6 Å². The van der Waals surface area contributed by atoms with Crippen molar-refractivity contribution in [3.05, 3.63) is 40.6 Å².